The van der Waals surface area contributed by atoms with Crippen molar-refractivity contribution in [3.8, 4) is 0 Å². The summed E-state index contributed by atoms with van der Waals surface area (Å²) >= 11 is 0. The number of unbranched alkanes of at least 4 members (excludes halogenated alkanes) is 29. The van der Waals surface area contributed by atoms with Crippen LogP contribution in [0.5, 0.6) is 0 Å². The molecule has 408 valence electrons. The second-order valence-electron chi connectivity index (χ2n) is 19.9. The number of hydrogen-bond acceptors (Lipinski definition) is 6. The van der Waals surface area contributed by atoms with Crippen LogP contribution < -0.4 is 0 Å². The van der Waals surface area contributed by atoms with E-state index < -0.39 is 6.10 Å². The molecular formula is C65H112O6. The van der Waals surface area contributed by atoms with Crippen molar-refractivity contribution in [3.05, 3.63) is 85.1 Å². The van der Waals surface area contributed by atoms with Crippen molar-refractivity contribution in [2.75, 3.05) is 13.2 Å². The molecule has 0 aliphatic heterocycles. The number of ether oxygens (including phenoxy) is 3. The van der Waals surface area contributed by atoms with Gasteiger partial charge in [-0.2, -0.15) is 0 Å². The molecule has 0 aliphatic carbocycles. The molecule has 0 spiro atoms. The third-order valence-corrected chi connectivity index (χ3v) is 12.9. The molecule has 0 radical (unpaired) electrons. The van der Waals surface area contributed by atoms with E-state index in [-0.39, 0.29) is 31.1 Å². The molecular weight excluding hydrogens is 877 g/mol. The monoisotopic (exact) mass is 989 g/mol. The third kappa shape index (κ3) is 57.4. The average Bonchev–Trinajstić information content (AvgIpc) is 3.37. The number of carbonyl (C=O) groups is 3. The average molecular weight is 990 g/mol. The number of esters is 3. The van der Waals surface area contributed by atoms with Gasteiger partial charge < -0.3 is 14.2 Å². The van der Waals surface area contributed by atoms with Gasteiger partial charge >= 0.3 is 17.9 Å². The molecule has 71 heavy (non-hydrogen) atoms. The Bertz CT molecular complexity index is 1370. The van der Waals surface area contributed by atoms with Crippen LogP contribution in [-0.4, -0.2) is 37.2 Å². The first-order chi connectivity index (χ1) is 35.0. The fraction of sp³-hybridized carbons (Fsp3) is 0.738. The lowest BCUT2D eigenvalue weighted by Gasteiger charge is -2.18. The van der Waals surface area contributed by atoms with Gasteiger partial charge in [-0.1, -0.05) is 266 Å². The van der Waals surface area contributed by atoms with E-state index in [1.165, 1.54) is 128 Å². The van der Waals surface area contributed by atoms with Crippen LogP contribution in [0.15, 0.2) is 85.1 Å². The Balaban J connectivity index is 4.25. The van der Waals surface area contributed by atoms with E-state index in [1.54, 1.807) is 0 Å². The van der Waals surface area contributed by atoms with Crippen molar-refractivity contribution in [1.82, 2.24) is 0 Å². The largest absolute Gasteiger partial charge is 0.462 e. The highest BCUT2D eigenvalue weighted by molar-refractivity contribution is 5.71. The second-order valence-corrected chi connectivity index (χ2v) is 19.9. The highest BCUT2D eigenvalue weighted by Gasteiger charge is 2.19. The van der Waals surface area contributed by atoms with Crippen molar-refractivity contribution < 1.29 is 28.6 Å². The lowest BCUT2D eigenvalue weighted by molar-refractivity contribution is -0.167. The maximum atomic E-state index is 12.8. The van der Waals surface area contributed by atoms with Gasteiger partial charge in [0.1, 0.15) is 13.2 Å². The first kappa shape index (κ1) is 67.6. The molecule has 0 aromatic rings. The van der Waals surface area contributed by atoms with Crippen molar-refractivity contribution in [2.24, 2.45) is 0 Å². The summed E-state index contributed by atoms with van der Waals surface area (Å²) in [6.45, 7) is 6.47. The number of hydrogen-bond donors (Lipinski definition) is 0. The van der Waals surface area contributed by atoms with Crippen molar-refractivity contribution in [1.29, 1.82) is 0 Å². The van der Waals surface area contributed by atoms with E-state index in [1.807, 2.05) is 0 Å². The van der Waals surface area contributed by atoms with Gasteiger partial charge in [-0.3, -0.25) is 14.4 Å². The van der Waals surface area contributed by atoms with Crippen LogP contribution in [0, 0.1) is 0 Å². The Morgan fingerprint density at radius 3 is 0.915 bits per heavy atom. The summed E-state index contributed by atoms with van der Waals surface area (Å²) in [6.07, 6.45) is 77.2. The van der Waals surface area contributed by atoms with Crippen LogP contribution in [0.2, 0.25) is 0 Å². The van der Waals surface area contributed by atoms with Crippen LogP contribution in [0.25, 0.3) is 0 Å². The molecule has 0 N–H and O–H groups in total. The number of rotatable bonds is 54. The summed E-state index contributed by atoms with van der Waals surface area (Å²) in [5.74, 6) is -0.889. The molecule has 0 aromatic carbocycles. The second kappa shape index (κ2) is 59.2. The Labute approximate surface area is 439 Å². The predicted octanol–water partition coefficient (Wildman–Crippen LogP) is 20.3. The fourth-order valence-electron chi connectivity index (χ4n) is 8.39. The minimum atomic E-state index is -0.783. The molecule has 0 saturated carbocycles. The fourth-order valence-corrected chi connectivity index (χ4v) is 8.39. The predicted molar refractivity (Wildman–Crippen MR) is 307 cm³/mol. The lowest BCUT2D eigenvalue weighted by atomic mass is 10.0. The van der Waals surface area contributed by atoms with Crippen molar-refractivity contribution in [2.45, 2.75) is 297 Å². The summed E-state index contributed by atoms with van der Waals surface area (Å²) < 4.78 is 16.9. The molecule has 0 aliphatic rings. The molecule has 0 heterocycles. The zero-order valence-corrected chi connectivity index (χ0v) is 46.7. The van der Waals surface area contributed by atoms with E-state index in [9.17, 15) is 14.4 Å². The Kier molecular flexibility index (Phi) is 56.3. The van der Waals surface area contributed by atoms with Crippen LogP contribution in [0.3, 0.4) is 0 Å². The van der Waals surface area contributed by atoms with E-state index in [2.05, 4.69) is 106 Å². The number of allylic oxidation sites excluding steroid dienone is 14. The SMILES string of the molecule is CC/C=C\C/C=C\C/C=C\C/C=C\C/C=C\CCCCCCCCCCCCCC(=O)OCC(COC(=O)CCCCCCCCCCCCCCC)OC(=O)CCCCCCC/C=C\C/C=C\CCC. The Hall–Kier alpha value is -3.41. The maximum Gasteiger partial charge on any atom is 0.306 e. The molecule has 0 rings (SSSR count). The van der Waals surface area contributed by atoms with Gasteiger partial charge in [0.2, 0.25) is 0 Å². The molecule has 0 amide bonds. The summed E-state index contributed by atoms with van der Waals surface area (Å²) in [5, 5.41) is 0. The van der Waals surface area contributed by atoms with E-state index >= 15 is 0 Å². The lowest BCUT2D eigenvalue weighted by Crippen LogP contribution is -2.30. The molecule has 6 heteroatoms. The molecule has 0 saturated heterocycles. The van der Waals surface area contributed by atoms with Gasteiger partial charge in [0, 0.05) is 19.3 Å². The molecule has 1 atom stereocenters. The Morgan fingerprint density at radius 2 is 0.577 bits per heavy atom. The maximum absolute atomic E-state index is 12.8. The Morgan fingerprint density at radius 1 is 0.296 bits per heavy atom. The normalized spacial score (nSPS) is 12.7. The minimum absolute atomic E-state index is 0.0800. The van der Waals surface area contributed by atoms with Crippen LogP contribution in [0.1, 0.15) is 290 Å². The van der Waals surface area contributed by atoms with Gasteiger partial charge in [0.15, 0.2) is 6.10 Å². The highest BCUT2D eigenvalue weighted by Crippen LogP contribution is 2.16. The van der Waals surface area contributed by atoms with E-state index in [0.717, 1.165) is 122 Å². The van der Waals surface area contributed by atoms with E-state index in [0.29, 0.717) is 19.3 Å². The topological polar surface area (TPSA) is 78.9 Å². The first-order valence-electron chi connectivity index (χ1n) is 30.1. The zero-order chi connectivity index (χ0) is 51.4. The van der Waals surface area contributed by atoms with E-state index in [4.69, 9.17) is 14.2 Å². The zero-order valence-electron chi connectivity index (χ0n) is 46.7. The van der Waals surface area contributed by atoms with Gasteiger partial charge in [-0.25, -0.2) is 0 Å². The minimum Gasteiger partial charge on any atom is -0.462 e. The van der Waals surface area contributed by atoms with Crippen LogP contribution in [0.4, 0.5) is 0 Å². The number of carbonyl (C=O) groups excluding carboxylic acids is 3. The summed E-state index contributed by atoms with van der Waals surface area (Å²) in [4.78, 5) is 38.1. The van der Waals surface area contributed by atoms with Gasteiger partial charge in [-0.05, 0) is 89.9 Å². The summed E-state index contributed by atoms with van der Waals surface area (Å²) in [6, 6.07) is 0. The van der Waals surface area contributed by atoms with Crippen LogP contribution >= 0.6 is 0 Å². The molecule has 6 nitrogen and oxygen atoms in total. The van der Waals surface area contributed by atoms with Crippen LogP contribution in [-0.2, 0) is 28.6 Å². The quantitative estimate of drug-likeness (QED) is 0.0261. The van der Waals surface area contributed by atoms with Crippen molar-refractivity contribution >= 4 is 17.9 Å². The first-order valence-corrected chi connectivity index (χ1v) is 30.1. The molecule has 0 bridgehead atoms. The summed E-state index contributed by atoms with van der Waals surface area (Å²) in [7, 11) is 0. The van der Waals surface area contributed by atoms with Gasteiger partial charge in [0.25, 0.3) is 0 Å². The third-order valence-electron chi connectivity index (χ3n) is 12.9. The highest BCUT2D eigenvalue weighted by atomic mass is 16.6. The summed E-state index contributed by atoms with van der Waals surface area (Å²) in [5.41, 5.74) is 0. The van der Waals surface area contributed by atoms with Gasteiger partial charge in [0.05, 0.1) is 0 Å². The molecule has 0 fully saturated rings. The molecule has 0 aromatic heterocycles. The molecule has 1 unspecified atom stereocenters. The van der Waals surface area contributed by atoms with Crippen molar-refractivity contribution in [3.63, 3.8) is 0 Å². The smallest absolute Gasteiger partial charge is 0.306 e. The standard InChI is InChI=1S/C65H112O6/c1-4-7-10-13-16-19-22-25-26-27-28-29-30-31-32-33-34-35-36-37-38-41-43-46-49-52-55-58-64(67)70-61-62(71-65(68)59-56-53-50-47-44-40-24-21-18-15-12-9-6-3)60-69-63(66)57-54-51-48-45-42-39-23-20-17-14-11-8-5-2/h7,10,12,15-16,19,21,24-26,28-29,31-32,62H,4-6,8-9,11,13-14,17-18,20,22-23,27,30,33-61H2,1-3H3/b10-7-,15-12-,19-16-,24-21-,26-25-,29-28-,32-31-. The van der Waals surface area contributed by atoms with Gasteiger partial charge in [-0.15, -0.1) is 0 Å².